The highest BCUT2D eigenvalue weighted by molar-refractivity contribution is 5.85. The number of rotatable bonds is 8. The lowest BCUT2D eigenvalue weighted by Gasteiger charge is -2.26. The molecular formula is C12H27ClN2O2. The number of carbonyl (C=O) groups is 1. The van der Waals surface area contributed by atoms with Crippen molar-refractivity contribution in [3.05, 3.63) is 0 Å². The van der Waals surface area contributed by atoms with Gasteiger partial charge >= 0.3 is 0 Å². The van der Waals surface area contributed by atoms with Gasteiger partial charge in [-0.15, -0.1) is 12.4 Å². The molecule has 5 heteroatoms. The van der Waals surface area contributed by atoms with Crippen LogP contribution >= 0.6 is 12.4 Å². The molecule has 0 radical (unpaired) electrons. The van der Waals surface area contributed by atoms with Crippen molar-refractivity contribution in [3.63, 3.8) is 0 Å². The molecule has 1 unspecified atom stereocenters. The maximum Gasteiger partial charge on any atom is 0.220 e. The number of aliphatic hydroxyl groups excluding tert-OH is 1. The van der Waals surface area contributed by atoms with Gasteiger partial charge in [-0.1, -0.05) is 13.8 Å². The highest BCUT2D eigenvalue weighted by Crippen LogP contribution is 2.20. The van der Waals surface area contributed by atoms with Crippen LogP contribution in [0.5, 0.6) is 0 Å². The van der Waals surface area contributed by atoms with E-state index in [0.717, 1.165) is 13.0 Å². The summed E-state index contributed by atoms with van der Waals surface area (Å²) in [6, 6.07) is 0. The zero-order chi connectivity index (χ0) is 12.6. The van der Waals surface area contributed by atoms with E-state index in [1.807, 2.05) is 20.9 Å². The number of amides is 1. The van der Waals surface area contributed by atoms with Crippen LogP contribution in [0.2, 0.25) is 0 Å². The largest absolute Gasteiger partial charge is 0.393 e. The Labute approximate surface area is 111 Å². The molecule has 0 aromatic heterocycles. The molecule has 0 aliphatic heterocycles. The Morgan fingerprint density at radius 3 is 2.47 bits per heavy atom. The number of nitrogens with one attached hydrogen (secondary N) is 2. The molecule has 0 bridgehead atoms. The van der Waals surface area contributed by atoms with E-state index in [1.54, 1.807) is 6.92 Å². The van der Waals surface area contributed by atoms with Gasteiger partial charge in [0.15, 0.2) is 0 Å². The minimum absolute atomic E-state index is 0. The third kappa shape index (κ3) is 11.9. The Kier molecular flexibility index (Phi) is 10.8. The van der Waals surface area contributed by atoms with E-state index in [4.69, 9.17) is 0 Å². The van der Waals surface area contributed by atoms with Crippen molar-refractivity contribution in [1.29, 1.82) is 0 Å². The third-order valence-corrected chi connectivity index (χ3v) is 2.44. The van der Waals surface area contributed by atoms with E-state index < -0.39 is 0 Å². The molecule has 3 N–H and O–H groups in total. The highest BCUT2D eigenvalue weighted by atomic mass is 35.5. The Bertz CT molecular complexity index is 209. The number of hydrogen-bond acceptors (Lipinski definition) is 3. The first-order valence-electron chi connectivity index (χ1n) is 5.97. The van der Waals surface area contributed by atoms with Crippen molar-refractivity contribution in [2.75, 3.05) is 20.1 Å². The molecule has 1 amide bonds. The van der Waals surface area contributed by atoms with Gasteiger partial charge in [-0.3, -0.25) is 4.79 Å². The number of carbonyl (C=O) groups excluding carboxylic acids is 1. The highest BCUT2D eigenvalue weighted by Gasteiger charge is 2.20. The Balaban J connectivity index is 0. The van der Waals surface area contributed by atoms with Gasteiger partial charge < -0.3 is 15.7 Å². The molecule has 4 nitrogen and oxygen atoms in total. The summed E-state index contributed by atoms with van der Waals surface area (Å²) in [5.41, 5.74) is -0.0488. The maximum absolute atomic E-state index is 11.4. The topological polar surface area (TPSA) is 61.4 Å². The lowest BCUT2D eigenvalue weighted by Crippen LogP contribution is -2.35. The molecule has 104 valence electrons. The molecule has 0 fully saturated rings. The van der Waals surface area contributed by atoms with Gasteiger partial charge in [0, 0.05) is 13.0 Å². The average Bonchev–Trinajstić information content (AvgIpc) is 2.13. The predicted molar refractivity (Wildman–Crippen MR) is 73.5 cm³/mol. The van der Waals surface area contributed by atoms with Crippen molar-refractivity contribution in [2.45, 2.75) is 46.1 Å². The second kappa shape index (κ2) is 9.68. The second-order valence-corrected chi connectivity index (χ2v) is 5.20. The van der Waals surface area contributed by atoms with Gasteiger partial charge in [-0.25, -0.2) is 0 Å². The van der Waals surface area contributed by atoms with E-state index in [9.17, 15) is 9.90 Å². The molecule has 0 saturated heterocycles. The van der Waals surface area contributed by atoms with E-state index in [0.29, 0.717) is 19.4 Å². The minimum Gasteiger partial charge on any atom is -0.393 e. The molecule has 0 saturated carbocycles. The van der Waals surface area contributed by atoms with E-state index >= 15 is 0 Å². The lowest BCUT2D eigenvalue weighted by atomic mass is 9.87. The van der Waals surface area contributed by atoms with Crippen LogP contribution in [0, 0.1) is 5.41 Å². The van der Waals surface area contributed by atoms with Crippen molar-refractivity contribution < 1.29 is 9.90 Å². The summed E-state index contributed by atoms with van der Waals surface area (Å²) in [5, 5.41) is 15.2. The Morgan fingerprint density at radius 2 is 2.00 bits per heavy atom. The fourth-order valence-electron chi connectivity index (χ4n) is 1.72. The fourth-order valence-corrected chi connectivity index (χ4v) is 1.72. The first kappa shape index (κ1) is 19.0. The normalized spacial score (nSPS) is 12.8. The van der Waals surface area contributed by atoms with Crippen molar-refractivity contribution in [3.8, 4) is 0 Å². The molecular weight excluding hydrogens is 240 g/mol. The van der Waals surface area contributed by atoms with Gasteiger partial charge in [0.1, 0.15) is 0 Å². The number of hydrogen-bond donors (Lipinski definition) is 3. The van der Waals surface area contributed by atoms with Gasteiger partial charge in [-0.05, 0) is 38.8 Å². The van der Waals surface area contributed by atoms with Gasteiger partial charge in [0.05, 0.1) is 6.10 Å². The summed E-state index contributed by atoms with van der Waals surface area (Å²) in [4.78, 5) is 11.4. The quantitative estimate of drug-likeness (QED) is 0.581. The summed E-state index contributed by atoms with van der Waals surface area (Å²) >= 11 is 0. The van der Waals surface area contributed by atoms with Crippen LogP contribution in [-0.2, 0) is 4.79 Å². The van der Waals surface area contributed by atoms with Gasteiger partial charge in [0.2, 0.25) is 5.91 Å². The van der Waals surface area contributed by atoms with E-state index in [1.165, 1.54) is 0 Å². The van der Waals surface area contributed by atoms with Gasteiger partial charge in [-0.2, -0.15) is 0 Å². The van der Waals surface area contributed by atoms with Crippen LogP contribution in [-0.4, -0.2) is 37.3 Å². The van der Waals surface area contributed by atoms with E-state index in [2.05, 4.69) is 10.6 Å². The maximum atomic E-state index is 11.4. The third-order valence-electron chi connectivity index (χ3n) is 2.44. The monoisotopic (exact) mass is 266 g/mol. The van der Waals surface area contributed by atoms with Gasteiger partial charge in [0.25, 0.3) is 0 Å². The van der Waals surface area contributed by atoms with Crippen molar-refractivity contribution >= 4 is 18.3 Å². The first-order chi connectivity index (χ1) is 7.37. The fraction of sp³-hybridized carbons (Fsp3) is 0.917. The van der Waals surface area contributed by atoms with Crippen LogP contribution < -0.4 is 10.6 Å². The minimum atomic E-state index is -0.323. The SMILES string of the molecule is CNCCCC(=O)NCC(C)(C)CC(C)O.Cl. The Morgan fingerprint density at radius 1 is 1.41 bits per heavy atom. The summed E-state index contributed by atoms with van der Waals surface area (Å²) in [6.07, 6.45) is 1.80. The van der Waals surface area contributed by atoms with E-state index in [-0.39, 0.29) is 29.8 Å². The molecule has 1 atom stereocenters. The first-order valence-corrected chi connectivity index (χ1v) is 5.97. The molecule has 0 aliphatic rings. The predicted octanol–water partition coefficient (Wildman–Crippen LogP) is 1.32. The zero-order valence-corrected chi connectivity index (χ0v) is 12.2. The van der Waals surface area contributed by atoms with Crippen molar-refractivity contribution in [2.24, 2.45) is 5.41 Å². The lowest BCUT2D eigenvalue weighted by molar-refractivity contribution is -0.121. The molecule has 0 spiro atoms. The van der Waals surface area contributed by atoms with Crippen LogP contribution in [0.4, 0.5) is 0 Å². The smallest absolute Gasteiger partial charge is 0.220 e. The summed E-state index contributed by atoms with van der Waals surface area (Å²) in [7, 11) is 1.88. The van der Waals surface area contributed by atoms with Crippen LogP contribution in [0.15, 0.2) is 0 Å². The van der Waals surface area contributed by atoms with Crippen molar-refractivity contribution in [1.82, 2.24) is 10.6 Å². The van der Waals surface area contributed by atoms with Crippen LogP contribution in [0.1, 0.15) is 40.0 Å². The molecule has 0 rings (SSSR count). The molecule has 0 aliphatic carbocycles. The Hall–Kier alpha value is -0.320. The summed E-state index contributed by atoms with van der Waals surface area (Å²) in [6.45, 7) is 7.36. The summed E-state index contributed by atoms with van der Waals surface area (Å²) in [5.74, 6) is 0.0916. The molecule has 0 aromatic rings. The summed E-state index contributed by atoms with van der Waals surface area (Å²) < 4.78 is 0. The number of halogens is 1. The number of aliphatic hydroxyl groups is 1. The van der Waals surface area contributed by atoms with Crippen LogP contribution in [0.3, 0.4) is 0 Å². The standard InChI is InChI=1S/C12H26N2O2.ClH/c1-10(15)8-12(2,3)9-14-11(16)6-5-7-13-4;/h10,13,15H,5-9H2,1-4H3,(H,14,16);1H. The molecule has 17 heavy (non-hydrogen) atoms. The van der Waals surface area contributed by atoms with Crippen LogP contribution in [0.25, 0.3) is 0 Å². The molecule has 0 heterocycles. The zero-order valence-electron chi connectivity index (χ0n) is 11.4. The molecule has 0 aromatic carbocycles. The second-order valence-electron chi connectivity index (χ2n) is 5.20. The average molecular weight is 267 g/mol.